The number of nitrogens with zero attached hydrogens (tertiary/aromatic N) is 2. The molecule has 0 radical (unpaired) electrons. The molecule has 0 unspecified atom stereocenters. The van der Waals surface area contributed by atoms with Gasteiger partial charge in [0, 0.05) is 13.1 Å². The van der Waals surface area contributed by atoms with Gasteiger partial charge >= 0.3 is 0 Å². The Morgan fingerprint density at radius 2 is 1.91 bits per heavy atom. The molecule has 1 aliphatic carbocycles. The summed E-state index contributed by atoms with van der Waals surface area (Å²) in [5.41, 5.74) is 6.67. The second kappa shape index (κ2) is 7.43. The maximum Gasteiger partial charge on any atom is 0.212 e. The van der Waals surface area contributed by atoms with Gasteiger partial charge in [-0.2, -0.15) is 5.10 Å². The first-order chi connectivity index (χ1) is 10.8. The van der Waals surface area contributed by atoms with Crippen LogP contribution in [0.4, 0.5) is 0 Å². The number of guanidine groups is 1. The SMILES string of the molecule is C/C(=N\NC1=NCCCN1)c1ccc(C2CCCCC2)cc1. The van der Waals surface area contributed by atoms with Crippen LogP contribution in [0.5, 0.6) is 0 Å². The van der Waals surface area contributed by atoms with Gasteiger partial charge in [-0.25, -0.2) is 5.43 Å². The minimum absolute atomic E-state index is 0.763. The van der Waals surface area contributed by atoms with Crippen LogP contribution in [0.1, 0.15) is 62.5 Å². The summed E-state index contributed by atoms with van der Waals surface area (Å²) in [6.45, 7) is 3.88. The average Bonchev–Trinajstić information content (AvgIpc) is 2.61. The molecule has 1 aromatic rings. The average molecular weight is 298 g/mol. The minimum atomic E-state index is 0.763. The highest BCUT2D eigenvalue weighted by atomic mass is 15.4. The van der Waals surface area contributed by atoms with E-state index in [0.29, 0.717) is 0 Å². The van der Waals surface area contributed by atoms with Crippen LogP contribution in [0.25, 0.3) is 0 Å². The van der Waals surface area contributed by atoms with Gasteiger partial charge in [-0.05, 0) is 43.2 Å². The third kappa shape index (κ3) is 3.87. The number of hydrogen-bond acceptors (Lipinski definition) is 4. The summed E-state index contributed by atoms with van der Waals surface area (Å²) in [7, 11) is 0. The summed E-state index contributed by atoms with van der Waals surface area (Å²) < 4.78 is 0. The molecule has 1 saturated carbocycles. The van der Waals surface area contributed by atoms with Gasteiger partial charge in [0.05, 0.1) is 5.71 Å². The van der Waals surface area contributed by atoms with Crippen LogP contribution in [0.15, 0.2) is 34.4 Å². The van der Waals surface area contributed by atoms with Crippen molar-refractivity contribution in [3.05, 3.63) is 35.4 Å². The molecular weight excluding hydrogens is 272 g/mol. The monoisotopic (exact) mass is 298 g/mol. The van der Waals surface area contributed by atoms with E-state index in [0.717, 1.165) is 37.1 Å². The van der Waals surface area contributed by atoms with Crippen molar-refractivity contribution in [1.82, 2.24) is 10.7 Å². The number of hydrazone groups is 1. The van der Waals surface area contributed by atoms with Crippen LogP contribution < -0.4 is 10.7 Å². The topological polar surface area (TPSA) is 48.8 Å². The summed E-state index contributed by atoms with van der Waals surface area (Å²) in [6, 6.07) is 8.95. The normalized spacial score (nSPS) is 20.2. The molecule has 0 bridgehead atoms. The molecule has 3 rings (SSSR count). The van der Waals surface area contributed by atoms with E-state index in [9.17, 15) is 0 Å². The maximum atomic E-state index is 4.43. The van der Waals surface area contributed by atoms with Crippen LogP contribution in [0, 0.1) is 0 Å². The van der Waals surface area contributed by atoms with Crippen LogP contribution >= 0.6 is 0 Å². The van der Waals surface area contributed by atoms with Crippen LogP contribution in [-0.2, 0) is 0 Å². The van der Waals surface area contributed by atoms with E-state index < -0.39 is 0 Å². The maximum absolute atomic E-state index is 4.43. The lowest BCUT2D eigenvalue weighted by atomic mass is 9.84. The Morgan fingerprint density at radius 3 is 2.59 bits per heavy atom. The molecule has 0 aromatic heterocycles. The Morgan fingerprint density at radius 1 is 1.14 bits per heavy atom. The lowest BCUT2D eigenvalue weighted by Gasteiger charge is -2.22. The number of hydrogen-bond donors (Lipinski definition) is 2. The number of nitrogens with one attached hydrogen (secondary N) is 2. The third-order valence-electron chi connectivity index (χ3n) is 4.63. The van der Waals surface area contributed by atoms with E-state index in [1.807, 2.05) is 6.92 Å². The van der Waals surface area contributed by atoms with Gasteiger partial charge < -0.3 is 5.32 Å². The highest BCUT2D eigenvalue weighted by Crippen LogP contribution is 2.32. The van der Waals surface area contributed by atoms with Crippen molar-refractivity contribution in [3.8, 4) is 0 Å². The van der Waals surface area contributed by atoms with Crippen LogP contribution in [0.2, 0.25) is 0 Å². The first-order valence-corrected chi connectivity index (χ1v) is 8.52. The Kier molecular flexibility index (Phi) is 5.09. The Bertz CT molecular complexity index is 539. The van der Waals surface area contributed by atoms with E-state index in [-0.39, 0.29) is 0 Å². The fourth-order valence-corrected chi connectivity index (χ4v) is 3.24. The van der Waals surface area contributed by atoms with Crippen molar-refractivity contribution in [2.75, 3.05) is 13.1 Å². The number of aliphatic imine (C=N–C) groups is 1. The molecule has 4 nitrogen and oxygen atoms in total. The van der Waals surface area contributed by atoms with E-state index >= 15 is 0 Å². The molecule has 0 spiro atoms. The molecule has 2 N–H and O–H groups in total. The van der Waals surface area contributed by atoms with Gasteiger partial charge in [-0.3, -0.25) is 4.99 Å². The van der Waals surface area contributed by atoms with Crippen molar-refractivity contribution in [2.24, 2.45) is 10.1 Å². The largest absolute Gasteiger partial charge is 0.355 e. The number of benzene rings is 1. The molecule has 1 fully saturated rings. The Hall–Kier alpha value is -1.84. The first-order valence-electron chi connectivity index (χ1n) is 8.52. The molecule has 2 aliphatic rings. The molecule has 0 amide bonds. The van der Waals surface area contributed by atoms with E-state index in [1.54, 1.807) is 0 Å². The molecule has 1 heterocycles. The number of rotatable bonds is 3. The van der Waals surface area contributed by atoms with Crippen molar-refractivity contribution >= 4 is 11.7 Å². The fraction of sp³-hybridized carbons (Fsp3) is 0.556. The van der Waals surface area contributed by atoms with E-state index in [4.69, 9.17) is 0 Å². The summed E-state index contributed by atoms with van der Waals surface area (Å²) in [6.07, 6.45) is 7.96. The van der Waals surface area contributed by atoms with Crippen molar-refractivity contribution in [1.29, 1.82) is 0 Å². The Labute approximate surface area is 133 Å². The molecule has 22 heavy (non-hydrogen) atoms. The van der Waals surface area contributed by atoms with Gasteiger partial charge in [0.1, 0.15) is 0 Å². The van der Waals surface area contributed by atoms with Crippen molar-refractivity contribution < 1.29 is 0 Å². The molecular formula is C18H26N4. The second-order valence-electron chi connectivity index (χ2n) is 6.28. The highest BCUT2D eigenvalue weighted by molar-refractivity contribution is 5.99. The predicted octanol–water partition coefficient (Wildman–Crippen LogP) is 3.40. The molecule has 0 atom stereocenters. The van der Waals surface area contributed by atoms with Gasteiger partial charge in [-0.15, -0.1) is 0 Å². The van der Waals surface area contributed by atoms with Gasteiger partial charge in [0.25, 0.3) is 0 Å². The highest BCUT2D eigenvalue weighted by Gasteiger charge is 2.15. The van der Waals surface area contributed by atoms with Gasteiger partial charge in [0.2, 0.25) is 5.96 Å². The summed E-state index contributed by atoms with van der Waals surface area (Å²) in [4.78, 5) is 4.36. The molecule has 0 saturated heterocycles. The van der Waals surface area contributed by atoms with Gasteiger partial charge in [-0.1, -0.05) is 43.5 Å². The van der Waals surface area contributed by atoms with Gasteiger partial charge in [0.15, 0.2) is 0 Å². The summed E-state index contributed by atoms with van der Waals surface area (Å²) in [5.74, 6) is 1.54. The molecule has 1 aromatic carbocycles. The molecule has 118 valence electrons. The van der Waals surface area contributed by atoms with Crippen LogP contribution in [0.3, 0.4) is 0 Å². The lowest BCUT2D eigenvalue weighted by Crippen LogP contribution is -2.38. The van der Waals surface area contributed by atoms with E-state index in [1.165, 1.54) is 43.2 Å². The summed E-state index contributed by atoms with van der Waals surface area (Å²) in [5, 5.41) is 7.64. The molecule has 1 aliphatic heterocycles. The zero-order chi connectivity index (χ0) is 15.2. The fourth-order valence-electron chi connectivity index (χ4n) is 3.24. The minimum Gasteiger partial charge on any atom is -0.355 e. The smallest absolute Gasteiger partial charge is 0.212 e. The Balaban J connectivity index is 1.62. The van der Waals surface area contributed by atoms with Crippen LogP contribution in [-0.4, -0.2) is 24.8 Å². The molecule has 4 heteroatoms. The second-order valence-corrected chi connectivity index (χ2v) is 6.28. The quantitative estimate of drug-likeness (QED) is 0.664. The van der Waals surface area contributed by atoms with Crippen molar-refractivity contribution in [2.45, 2.75) is 51.4 Å². The predicted molar refractivity (Wildman–Crippen MR) is 92.5 cm³/mol. The van der Waals surface area contributed by atoms with Crippen molar-refractivity contribution in [3.63, 3.8) is 0 Å². The standard InChI is InChI=1S/C18H26N4/c1-14(21-22-18-19-12-5-13-20-18)15-8-10-17(11-9-15)16-6-3-2-4-7-16/h8-11,16H,2-7,12-13H2,1H3,(H2,19,20,22)/b21-14+. The summed E-state index contributed by atoms with van der Waals surface area (Å²) >= 11 is 0. The zero-order valence-corrected chi connectivity index (χ0v) is 13.4. The first kappa shape index (κ1) is 15.1. The van der Waals surface area contributed by atoms with E-state index in [2.05, 4.69) is 45.1 Å². The third-order valence-corrected chi connectivity index (χ3v) is 4.63. The zero-order valence-electron chi connectivity index (χ0n) is 13.4. The lowest BCUT2D eigenvalue weighted by molar-refractivity contribution is 0.443.